The number of methoxy groups -OCH3 is 3. The van der Waals surface area contributed by atoms with Crippen molar-refractivity contribution in [2.24, 2.45) is 5.10 Å². The van der Waals surface area contributed by atoms with E-state index in [1.165, 1.54) is 0 Å². The van der Waals surface area contributed by atoms with Gasteiger partial charge in [0.15, 0.2) is 0 Å². The van der Waals surface area contributed by atoms with Crippen molar-refractivity contribution in [3.05, 3.63) is 77.4 Å². The van der Waals surface area contributed by atoms with Gasteiger partial charge in [-0.25, -0.2) is 5.01 Å². The maximum absolute atomic E-state index is 10.5. The van der Waals surface area contributed by atoms with Gasteiger partial charge in [0.25, 0.3) is 0 Å². The van der Waals surface area contributed by atoms with Crippen LogP contribution in [0, 0.1) is 0 Å². The molecule has 3 aromatic rings. The lowest BCUT2D eigenvalue weighted by Gasteiger charge is -2.38. The SMILES string of the molecule is COc1ccc(O)c(C2=NN3[C@H](C2)c2ccccc2O[C@@H]3c2cc(OC)ccc2OC)c1. The molecule has 0 unspecified atom stereocenters. The minimum absolute atomic E-state index is 0.0542. The first-order chi connectivity index (χ1) is 15.6. The van der Waals surface area contributed by atoms with E-state index in [4.69, 9.17) is 24.0 Å². The van der Waals surface area contributed by atoms with Crippen molar-refractivity contribution < 1.29 is 24.1 Å². The summed E-state index contributed by atoms with van der Waals surface area (Å²) in [6.45, 7) is 0. The van der Waals surface area contributed by atoms with E-state index in [9.17, 15) is 5.11 Å². The second kappa shape index (κ2) is 8.00. The van der Waals surface area contributed by atoms with E-state index < -0.39 is 6.23 Å². The summed E-state index contributed by atoms with van der Waals surface area (Å²) in [4.78, 5) is 0. The highest BCUT2D eigenvalue weighted by atomic mass is 16.5. The van der Waals surface area contributed by atoms with Crippen molar-refractivity contribution in [2.75, 3.05) is 21.3 Å². The molecule has 0 aromatic heterocycles. The highest BCUT2D eigenvalue weighted by Gasteiger charge is 2.42. The number of fused-ring (bicyclic) bond motifs is 3. The zero-order valence-electron chi connectivity index (χ0n) is 18.1. The fourth-order valence-corrected chi connectivity index (χ4v) is 4.31. The number of aromatic hydroxyl groups is 1. The lowest BCUT2D eigenvalue weighted by atomic mass is 9.95. The number of benzene rings is 3. The number of hydrogen-bond acceptors (Lipinski definition) is 7. The van der Waals surface area contributed by atoms with Crippen LogP contribution in [0.5, 0.6) is 28.7 Å². The van der Waals surface area contributed by atoms with Gasteiger partial charge in [-0.1, -0.05) is 18.2 Å². The molecule has 0 radical (unpaired) electrons. The first-order valence-electron chi connectivity index (χ1n) is 10.3. The number of para-hydroxylation sites is 1. The number of rotatable bonds is 5. The molecule has 0 spiro atoms. The minimum Gasteiger partial charge on any atom is -0.507 e. The molecule has 32 heavy (non-hydrogen) atoms. The van der Waals surface area contributed by atoms with Crippen molar-refractivity contribution >= 4 is 5.71 Å². The van der Waals surface area contributed by atoms with Crippen LogP contribution in [0.25, 0.3) is 0 Å². The molecule has 0 bridgehead atoms. The number of nitrogens with zero attached hydrogens (tertiary/aromatic N) is 2. The number of hydrogen-bond donors (Lipinski definition) is 1. The number of phenols is 1. The van der Waals surface area contributed by atoms with E-state index in [0.29, 0.717) is 29.2 Å². The van der Waals surface area contributed by atoms with E-state index in [1.54, 1.807) is 39.5 Å². The van der Waals surface area contributed by atoms with Crippen LogP contribution in [-0.4, -0.2) is 37.2 Å². The van der Waals surface area contributed by atoms with Crippen LogP contribution in [-0.2, 0) is 0 Å². The Kier molecular flexibility index (Phi) is 5.01. The van der Waals surface area contributed by atoms with Gasteiger partial charge in [-0.15, -0.1) is 0 Å². The fraction of sp³-hybridized carbons (Fsp3) is 0.240. The van der Waals surface area contributed by atoms with Crippen LogP contribution in [0.1, 0.15) is 35.4 Å². The molecule has 0 saturated carbocycles. The fourth-order valence-electron chi connectivity index (χ4n) is 4.31. The molecule has 7 nitrogen and oxygen atoms in total. The summed E-state index contributed by atoms with van der Waals surface area (Å²) in [5, 5.41) is 17.4. The van der Waals surface area contributed by atoms with Gasteiger partial charge in [-0.2, -0.15) is 5.10 Å². The summed E-state index contributed by atoms with van der Waals surface area (Å²) in [5.41, 5.74) is 3.27. The lowest BCUT2D eigenvalue weighted by Crippen LogP contribution is -2.33. The molecule has 164 valence electrons. The van der Waals surface area contributed by atoms with Gasteiger partial charge in [-0.3, -0.25) is 0 Å². The largest absolute Gasteiger partial charge is 0.507 e. The van der Waals surface area contributed by atoms with Crippen LogP contribution in [0.2, 0.25) is 0 Å². The van der Waals surface area contributed by atoms with Gasteiger partial charge in [0, 0.05) is 17.5 Å². The van der Waals surface area contributed by atoms with Crippen molar-refractivity contribution in [2.45, 2.75) is 18.7 Å². The summed E-state index contributed by atoms with van der Waals surface area (Å²) in [5.74, 6) is 3.01. The van der Waals surface area contributed by atoms with Crippen LogP contribution in [0.4, 0.5) is 0 Å². The Balaban J connectivity index is 1.64. The van der Waals surface area contributed by atoms with Crippen molar-refractivity contribution in [3.63, 3.8) is 0 Å². The molecule has 2 aliphatic rings. The minimum atomic E-state index is -0.523. The van der Waals surface area contributed by atoms with E-state index in [-0.39, 0.29) is 11.8 Å². The summed E-state index contributed by atoms with van der Waals surface area (Å²) < 4.78 is 22.9. The molecule has 5 rings (SSSR count). The average molecular weight is 432 g/mol. The second-order valence-corrected chi connectivity index (χ2v) is 7.65. The Hall–Kier alpha value is -3.87. The third kappa shape index (κ3) is 3.26. The molecule has 0 fully saturated rings. The van der Waals surface area contributed by atoms with E-state index in [0.717, 1.165) is 22.6 Å². The predicted octanol–water partition coefficient (Wildman–Crippen LogP) is 4.66. The predicted molar refractivity (Wildman–Crippen MR) is 120 cm³/mol. The van der Waals surface area contributed by atoms with Gasteiger partial charge >= 0.3 is 0 Å². The highest BCUT2D eigenvalue weighted by Crippen LogP contribution is 2.49. The summed E-state index contributed by atoms with van der Waals surface area (Å²) in [6, 6.07) is 18.7. The van der Waals surface area contributed by atoms with Crippen LogP contribution in [0.3, 0.4) is 0 Å². The molecule has 0 amide bonds. The van der Waals surface area contributed by atoms with Gasteiger partial charge in [0.2, 0.25) is 6.23 Å². The Morgan fingerprint density at radius 2 is 1.66 bits per heavy atom. The molecule has 2 aliphatic heterocycles. The van der Waals surface area contributed by atoms with Crippen molar-refractivity contribution in [1.82, 2.24) is 5.01 Å². The Morgan fingerprint density at radius 3 is 2.44 bits per heavy atom. The quantitative estimate of drug-likeness (QED) is 0.632. The molecule has 3 aromatic carbocycles. The van der Waals surface area contributed by atoms with Crippen molar-refractivity contribution in [1.29, 1.82) is 0 Å². The maximum atomic E-state index is 10.5. The monoisotopic (exact) mass is 432 g/mol. The Morgan fingerprint density at radius 1 is 0.906 bits per heavy atom. The summed E-state index contributed by atoms with van der Waals surface area (Å²) in [6.07, 6.45) is 0.0920. The third-order valence-corrected chi connectivity index (χ3v) is 5.92. The van der Waals surface area contributed by atoms with Gasteiger partial charge in [-0.05, 0) is 42.5 Å². The normalized spacial score (nSPS) is 18.8. The first kappa shape index (κ1) is 20.1. The van der Waals surface area contributed by atoms with Crippen molar-refractivity contribution in [3.8, 4) is 28.7 Å². The maximum Gasteiger partial charge on any atom is 0.217 e. The molecule has 2 heterocycles. The van der Waals surface area contributed by atoms with Crippen LogP contribution < -0.4 is 18.9 Å². The Labute approximate surface area is 186 Å². The second-order valence-electron chi connectivity index (χ2n) is 7.65. The zero-order chi connectivity index (χ0) is 22.2. The van der Waals surface area contributed by atoms with Crippen LogP contribution >= 0.6 is 0 Å². The van der Waals surface area contributed by atoms with E-state index in [1.807, 2.05) is 41.4 Å². The molecule has 0 saturated heterocycles. The molecule has 7 heteroatoms. The number of ether oxygens (including phenoxy) is 4. The van der Waals surface area contributed by atoms with Gasteiger partial charge < -0.3 is 24.1 Å². The number of hydrazone groups is 1. The van der Waals surface area contributed by atoms with Crippen LogP contribution in [0.15, 0.2) is 65.8 Å². The lowest BCUT2D eigenvalue weighted by molar-refractivity contribution is -0.0204. The smallest absolute Gasteiger partial charge is 0.217 e. The summed E-state index contributed by atoms with van der Waals surface area (Å²) in [7, 11) is 4.86. The van der Waals surface area contributed by atoms with Gasteiger partial charge in [0.05, 0.1) is 38.6 Å². The topological polar surface area (TPSA) is 72.8 Å². The molecular weight excluding hydrogens is 408 g/mol. The van der Waals surface area contributed by atoms with Gasteiger partial charge in [0.1, 0.15) is 28.7 Å². The molecule has 0 aliphatic carbocycles. The first-order valence-corrected chi connectivity index (χ1v) is 10.3. The molecule has 2 atom stereocenters. The third-order valence-electron chi connectivity index (χ3n) is 5.92. The zero-order valence-corrected chi connectivity index (χ0v) is 18.1. The Bertz CT molecular complexity index is 1190. The average Bonchev–Trinajstić information content (AvgIpc) is 3.29. The molecular formula is C25H24N2O5. The number of phenolic OH excluding ortho intramolecular Hbond substituents is 1. The van der Waals surface area contributed by atoms with E-state index in [2.05, 4.69) is 6.07 Å². The van der Waals surface area contributed by atoms with E-state index >= 15 is 0 Å². The highest BCUT2D eigenvalue weighted by molar-refractivity contribution is 6.04. The standard InChI is InChI=1S/C25H24N2O5/c1-29-15-8-10-22(28)18(12-15)20-14-21-17-6-4-5-7-24(17)32-25(27(21)26-20)19-13-16(30-2)9-11-23(19)31-3/h4-13,21,25,28H,14H2,1-3H3/t21-,25-/m1/s1. The molecule has 1 N–H and O–H groups in total. The summed E-state index contributed by atoms with van der Waals surface area (Å²) >= 11 is 0.